The van der Waals surface area contributed by atoms with Crippen LogP contribution >= 0.6 is 24.0 Å². The van der Waals surface area contributed by atoms with Crippen LogP contribution in [0.25, 0.3) is 11.1 Å². The second-order valence-corrected chi connectivity index (χ2v) is 5.58. The first-order valence-corrected chi connectivity index (χ1v) is 7.73. The molecule has 0 bridgehead atoms. The van der Waals surface area contributed by atoms with E-state index >= 15 is 0 Å². The number of nitrogens with one attached hydrogen (secondary N) is 1. The number of hydrogen-bond acceptors (Lipinski definition) is 4. The van der Waals surface area contributed by atoms with Gasteiger partial charge in [-0.2, -0.15) is 5.10 Å². The van der Waals surface area contributed by atoms with Gasteiger partial charge in [-0.3, -0.25) is 10.4 Å². The molecule has 0 spiro atoms. The highest BCUT2D eigenvalue weighted by atomic mass is 32.2. The lowest BCUT2D eigenvalue weighted by atomic mass is 10.0. The predicted molar refractivity (Wildman–Crippen MR) is 91.3 cm³/mol. The summed E-state index contributed by atoms with van der Waals surface area (Å²) in [4.78, 5) is 4.35. The molecule has 1 heterocycles. The van der Waals surface area contributed by atoms with Gasteiger partial charge < -0.3 is 0 Å². The summed E-state index contributed by atoms with van der Waals surface area (Å²) in [6.07, 6.45) is 5.40. The number of hydrogen-bond donors (Lipinski definition) is 1. The van der Waals surface area contributed by atoms with Gasteiger partial charge in [-0.15, -0.1) is 0 Å². The van der Waals surface area contributed by atoms with Gasteiger partial charge >= 0.3 is 0 Å². The highest BCUT2D eigenvalue weighted by molar-refractivity contribution is 8.22. The van der Waals surface area contributed by atoms with Gasteiger partial charge in [0.2, 0.25) is 0 Å². The maximum absolute atomic E-state index is 5.02. The van der Waals surface area contributed by atoms with E-state index in [2.05, 4.69) is 27.6 Å². The monoisotopic (exact) mass is 301 g/mol. The fraction of sp³-hybridized carbons (Fsp3) is 0.133. The van der Waals surface area contributed by atoms with Crippen LogP contribution < -0.4 is 5.43 Å². The fourth-order valence-electron chi connectivity index (χ4n) is 1.80. The zero-order valence-corrected chi connectivity index (χ0v) is 13.0. The van der Waals surface area contributed by atoms with Gasteiger partial charge in [0.05, 0.1) is 11.9 Å². The van der Waals surface area contributed by atoms with Crippen molar-refractivity contribution in [2.45, 2.75) is 6.92 Å². The minimum atomic E-state index is 0.637. The highest BCUT2D eigenvalue weighted by Crippen LogP contribution is 2.23. The van der Waals surface area contributed by atoms with Gasteiger partial charge in [-0.25, -0.2) is 0 Å². The largest absolute Gasteiger partial charge is 0.262 e. The third-order valence-electron chi connectivity index (χ3n) is 2.86. The molecule has 102 valence electrons. The van der Waals surface area contributed by atoms with Crippen molar-refractivity contribution in [1.82, 2.24) is 10.4 Å². The second-order valence-electron chi connectivity index (χ2n) is 4.10. The number of thioether (sulfide) groups is 1. The third kappa shape index (κ3) is 3.65. The predicted octanol–water partition coefficient (Wildman–Crippen LogP) is 3.63. The average molecular weight is 301 g/mol. The number of aromatic nitrogens is 1. The molecule has 0 amide bonds. The Hall–Kier alpha value is -1.72. The average Bonchev–Trinajstić information content (AvgIpc) is 2.49. The van der Waals surface area contributed by atoms with Crippen LogP contribution in [0.15, 0.2) is 47.7 Å². The summed E-state index contributed by atoms with van der Waals surface area (Å²) in [7, 11) is 0. The van der Waals surface area contributed by atoms with Gasteiger partial charge in [0, 0.05) is 6.20 Å². The lowest BCUT2D eigenvalue weighted by molar-refractivity contribution is 1.07. The first kappa shape index (κ1) is 14.7. The highest BCUT2D eigenvalue weighted by Gasteiger charge is 2.05. The molecule has 1 aromatic carbocycles. The Morgan fingerprint density at radius 3 is 2.75 bits per heavy atom. The zero-order valence-electron chi connectivity index (χ0n) is 11.3. The van der Waals surface area contributed by atoms with Crippen molar-refractivity contribution < 1.29 is 0 Å². The SMILES string of the molecule is CSC(=S)N/N=C/c1nccc(-c2ccccc2)c1C. The normalized spacial score (nSPS) is 10.7. The molecule has 0 unspecified atom stereocenters. The van der Waals surface area contributed by atoms with E-state index in [1.165, 1.54) is 17.3 Å². The lowest BCUT2D eigenvalue weighted by Gasteiger charge is -2.07. The van der Waals surface area contributed by atoms with E-state index in [0.29, 0.717) is 4.32 Å². The van der Waals surface area contributed by atoms with Gasteiger partial charge in [0.1, 0.15) is 0 Å². The summed E-state index contributed by atoms with van der Waals surface area (Å²) in [6, 6.07) is 12.3. The van der Waals surface area contributed by atoms with Crippen molar-refractivity contribution in [2.24, 2.45) is 5.10 Å². The van der Waals surface area contributed by atoms with Gasteiger partial charge in [-0.05, 0) is 35.9 Å². The van der Waals surface area contributed by atoms with Crippen LogP contribution in [0.5, 0.6) is 0 Å². The first-order valence-electron chi connectivity index (χ1n) is 6.10. The van der Waals surface area contributed by atoms with E-state index in [0.717, 1.165) is 16.8 Å². The Morgan fingerprint density at radius 1 is 1.30 bits per heavy atom. The number of hydrazone groups is 1. The topological polar surface area (TPSA) is 37.3 Å². The van der Waals surface area contributed by atoms with Crippen molar-refractivity contribution in [3.8, 4) is 11.1 Å². The van der Waals surface area contributed by atoms with Gasteiger partial charge in [0.15, 0.2) is 4.32 Å². The van der Waals surface area contributed by atoms with Crippen molar-refractivity contribution in [2.75, 3.05) is 6.26 Å². The second kappa shape index (κ2) is 7.17. The summed E-state index contributed by atoms with van der Waals surface area (Å²) >= 11 is 6.47. The Morgan fingerprint density at radius 2 is 2.05 bits per heavy atom. The summed E-state index contributed by atoms with van der Waals surface area (Å²) in [6.45, 7) is 2.05. The van der Waals surface area contributed by atoms with Crippen molar-refractivity contribution in [3.05, 3.63) is 53.9 Å². The van der Waals surface area contributed by atoms with Crippen molar-refractivity contribution >= 4 is 34.5 Å². The van der Waals surface area contributed by atoms with Crippen molar-refractivity contribution in [1.29, 1.82) is 0 Å². The molecule has 20 heavy (non-hydrogen) atoms. The van der Waals surface area contributed by atoms with E-state index < -0.39 is 0 Å². The molecule has 0 fully saturated rings. The Labute approximate surface area is 128 Å². The van der Waals surface area contributed by atoms with Crippen LogP contribution in [0, 0.1) is 6.92 Å². The molecule has 0 saturated heterocycles. The van der Waals surface area contributed by atoms with Crippen LogP contribution in [0.1, 0.15) is 11.3 Å². The van der Waals surface area contributed by atoms with Gasteiger partial charge in [-0.1, -0.05) is 54.3 Å². The maximum Gasteiger partial charge on any atom is 0.153 e. The van der Waals surface area contributed by atoms with Crippen LogP contribution in [0.2, 0.25) is 0 Å². The quantitative estimate of drug-likeness (QED) is 0.534. The molecule has 0 radical (unpaired) electrons. The smallest absolute Gasteiger partial charge is 0.153 e. The molecule has 2 aromatic rings. The summed E-state index contributed by atoms with van der Waals surface area (Å²) in [5.74, 6) is 0. The van der Waals surface area contributed by atoms with Crippen LogP contribution in [-0.2, 0) is 0 Å². The Kier molecular flexibility index (Phi) is 5.26. The zero-order chi connectivity index (χ0) is 14.4. The number of nitrogens with zero attached hydrogens (tertiary/aromatic N) is 2. The molecule has 2 rings (SSSR count). The van der Waals surface area contributed by atoms with E-state index in [1.54, 1.807) is 12.4 Å². The standard InChI is InChI=1S/C15H15N3S2/c1-11-13(12-6-4-3-5-7-12)8-9-16-14(11)10-17-18-15(19)20-2/h3-10H,1-2H3,(H,18,19)/b17-10+. The number of rotatable bonds is 3. The van der Waals surface area contributed by atoms with Crippen LogP contribution in [0.3, 0.4) is 0 Å². The molecular weight excluding hydrogens is 286 g/mol. The Bertz CT molecular complexity index is 624. The molecule has 1 N–H and O–H groups in total. The lowest BCUT2D eigenvalue weighted by Crippen LogP contribution is -2.10. The number of thiocarbonyl (C=S) groups is 1. The fourth-order valence-corrected chi connectivity index (χ4v) is 2.00. The summed E-state index contributed by atoms with van der Waals surface area (Å²) in [5.41, 5.74) is 7.06. The molecule has 0 aliphatic carbocycles. The van der Waals surface area contributed by atoms with Gasteiger partial charge in [0.25, 0.3) is 0 Å². The van der Waals surface area contributed by atoms with Crippen molar-refractivity contribution in [3.63, 3.8) is 0 Å². The molecule has 0 saturated carbocycles. The molecule has 0 aliphatic heterocycles. The van der Waals surface area contributed by atoms with E-state index in [-0.39, 0.29) is 0 Å². The molecule has 0 atom stereocenters. The molecule has 3 nitrogen and oxygen atoms in total. The molecular formula is C15H15N3S2. The van der Waals surface area contributed by atoms with E-state index in [4.69, 9.17) is 12.2 Å². The summed E-state index contributed by atoms with van der Waals surface area (Å²) < 4.78 is 0.637. The Balaban J connectivity index is 2.26. The summed E-state index contributed by atoms with van der Waals surface area (Å²) in [5, 5.41) is 4.11. The molecule has 5 heteroatoms. The molecule has 0 aliphatic rings. The first-order chi connectivity index (χ1) is 9.72. The number of benzene rings is 1. The maximum atomic E-state index is 5.02. The van der Waals surface area contributed by atoms with E-state index in [1.807, 2.05) is 37.4 Å². The van der Waals surface area contributed by atoms with Crippen LogP contribution in [0.4, 0.5) is 0 Å². The minimum Gasteiger partial charge on any atom is -0.262 e. The third-order valence-corrected chi connectivity index (χ3v) is 3.91. The van der Waals surface area contributed by atoms with E-state index in [9.17, 15) is 0 Å². The number of pyridine rings is 1. The minimum absolute atomic E-state index is 0.637. The molecule has 1 aromatic heterocycles. The van der Waals surface area contributed by atoms with Crippen LogP contribution in [-0.4, -0.2) is 21.8 Å².